The molecule has 30 heavy (non-hydrogen) atoms. The maximum atomic E-state index is 14.4. The minimum Gasteiger partial charge on any atom is -0.394 e. The average Bonchev–Trinajstić information content (AvgIpc) is 3.09. The first kappa shape index (κ1) is 22.4. The van der Waals surface area contributed by atoms with E-state index in [1.54, 1.807) is 24.0 Å². The van der Waals surface area contributed by atoms with E-state index in [9.17, 15) is 14.3 Å². The molecule has 4 nitrogen and oxygen atoms in total. The van der Waals surface area contributed by atoms with E-state index >= 15 is 0 Å². The first-order valence-corrected chi connectivity index (χ1v) is 10.8. The zero-order valence-electron chi connectivity index (χ0n) is 18.2. The number of aliphatic hydroxyl groups excluding tert-OH is 1. The molecule has 3 atom stereocenters. The smallest absolute Gasteiger partial charge is 0.257 e. The SMILES string of the molecule is CC[C@@H]1CN(C(=O)c2ccc(C)cc2F)[C@H](CO)[C@@H]1CN(C)CCc1ccccc1. The Hall–Kier alpha value is -2.24. The highest BCUT2D eigenvalue weighted by Gasteiger charge is 2.43. The lowest BCUT2D eigenvalue weighted by Gasteiger charge is -2.30. The quantitative estimate of drug-likeness (QED) is 0.718. The van der Waals surface area contributed by atoms with E-state index < -0.39 is 5.82 Å². The highest BCUT2D eigenvalue weighted by Crippen LogP contribution is 2.34. The molecule has 5 heteroatoms. The average molecular weight is 413 g/mol. The van der Waals surface area contributed by atoms with Crippen LogP contribution < -0.4 is 0 Å². The number of carbonyl (C=O) groups excluding carboxylic acids is 1. The minimum absolute atomic E-state index is 0.0898. The number of nitrogens with zero attached hydrogens (tertiary/aromatic N) is 2. The van der Waals surface area contributed by atoms with E-state index in [-0.39, 0.29) is 30.0 Å². The molecule has 1 N–H and O–H groups in total. The van der Waals surface area contributed by atoms with Crippen LogP contribution in [0.2, 0.25) is 0 Å². The molecule has 1 fully saturated rings. The van der Waals surface area contributed by atoms with E-state index in [2.05, 4.69) is 43.1 Å². The molecule has 0 spiro atoms. The van der Waals surface area contributed by atoms with Gasteiger partial charge in [-0.1, -0.05) is 49.7 Å². The summed E-state index contributed by atoms with van der Waals surface area (Å²) in [5, 5.41) is 10.1. The van der Waals surface area contributed by atoms with Gasteiger partial charge in [0.05, 0.1) is 18.2 Å². The number of carbonyl (C=O) groups is 1. The van der Waals surface area contributed by atoms with Gasteiger partial charge in [-0.05, 0) is 55.5 Å². The molecule has 0 radical (unpaired) electrons. The van der Waals surface area contributed by atoms with Crippen molar-refractivity contribution in [3.8, 4) is 0 Å². The summed E-state index contributed by atoms with van der Waals surface area (Å²) in [4.78, 5) is 17.1. The van der Waals surface area contributed by atoms with E-state index in [1.807, 2.05) is 6.07 Å². The van der Waals surface area contributed by atoms with Crippen molar-refractivity contribution in [3.05, 3.63) is 71.0 Å². The van der Waals surface area contributed by atoms with E-state index in [1.165, 1.54) is 11.6 Å². The van der Waals surface area contributed by atoms with Gasteiger partial charge in [-0.3, -0.25) is 4.79 Å². The van der Waals surface area contributed by atoms with Crippen LogP contribution in [0.3, 0.4) is 0 Å². The van der Waals surface area contributed by atoms with Crippen LogP contribution in [0.15, 0.2) is 48.5 Å². The van der Waals surface area contributed by atoms with Gasteiger partial charge >= 0.3 is 0 Å². The van der Waals surface area contributed by atoms with Crippen LogP contribution in [0, 0.1) is 24.6 Å². The van der Waals surface area contributed by atoms with Crippen LogP contribution in [-0.4, -0.2) is 60.1 Å². The fourth-order valence-corrected chi connectivity index (χ4v) is 4.60. The zero-order valence-corrected chi connectivity index (χ0v) is 18.2. The Labute approximate surface area is 179 Å². The van der Waals surface area contributed by atoms with Crippen molar-refractivity contribution in [2.24, 2.45) is 11.8 Å². The van der Waals surface area contributed by atoms with Gasteiger partial charge in [0.2, 0.25) is 0 Å². The molecule has 1 heterocycles. The summed E-state index contributed by atoms with van der Waals surface area (Å²) >= 11 is 0. The molecule has 1 saturated heterocycles. The fraction of sp³-hybridized carbons (Fsp3) is 0.480. The van der Waals surface area contributed by atoms with Crippen molar-refractivity contribution in [2.75, 3.05) is 33.3 Å². The third-order valence-electron chi connectivity index (χ3n) is 6.41. The van der Waals surface area contributed by atoms with Crippen molar-refractivity contribution in [1.82, 2.24) is 9.80 Å². The van der Waals surface area contributed by atoms with Crippen LogP contribution >= 0.6 is 0 Å². The molecular formula is C25H33FN2O2. The Balaban J connectivity index is 1.70. The summed E-state index contributed by atoms with van der Waals surface area (Å²) in [5.74, 6) is -0.357. The van der Waals surface area contributed by atoms with Crippen molar-refractivity contribution >= 4 is 5.91 Å². The van der Waals surface area contributed by atoms with Gasteiger partial charge in [0, 0.05) is 19.6 Å². The van der Waals surface area contributed by atoms with Crippen LogP contribution in [-0.2, 0) is 6.42 Å². The molecule has 0 bridgehead atoms. The molecule has 0 saturated carbocycles. The fourth-order valence-electron chi connectivity index (χ4n) is 4.60. The molecule has 2 aromatic carbocycles. The minimum atomic E-state index is -0.492. The molecule has 1 aliphatic heterocycles. The number of benzene rings is 2. The molecule has 162 valence electrons. The topological polar surface area (TPSA) is 43.8 Å². The number of amides is 1. The molecule has 1 aliphatic rings. The highest BCUT2D eigenvalue weighted by atomic mass is 19.1. The Kier molecular flexibility index (Phi) is 7.62. The summed E-state index contributed by atoms with van der Waals surface area (Å²) in [6, 6.07) is 14.8. The van der Waals surface area contributed by atoms with Crippen molar-refractivity contribution in [1.29, 1.82) is 0 Å². The van der Waals surface area contributed by atoms with E-state index in [0.29, 0.717) is 12.5 Å². The predicted molar refractivity (Wildman–Crippen MR) is 118 cm³/mol. The number of likely N-dealkylation sites (N-methyl/N-ethyl adjacent to an activating group) is 1. The normalized spacial score (nSPS) is 21.4. The van der Waals surface area contributed by atoms with Gasteiger partial charge in [0.25, 0.3) is 5.91 Å². The second kappa shape index (κ2) is 10.2. The van der Waals surface area contributed by atoms with Crippen LogP contribution in [0.5, 0.6) is 0 Å². The molecule has 0 unspecified atom stereocenters. The van der Waals surface area contributed by atoms with Crippen molar-refractivity contribution in [2.45, 2.75) is 32.7 Å². The van der Waals surface area contributed by atoms with Gasteiger partial charge in [0.15, 0.2) is 0 Å². The molecular weight excluding hydrogens is 379 g/mol. The van der Waals surface area contributed by atoms with Gasteiger partial charge < -0.3 is 14.9 Å². The number of aryl methyl sites for hydroxylation is 1. The first-order valence-electron chi connectivity index (χ1n) is 10.8. The standard InChI is InChI=1S/C25H33FN2O2/c1-4-20-15-28(25(30)21-11-10-18(2)14-23(21)26)24(17-29)22(20)16-27(3)13-12-19-8-6-5-7-9-19/h5-11,14,20,22,24,29H,4,12-13,15-17H2,1-3H3/t20-,22-,24-/m1/s1. The number of halogens is 1. The number of aliphatic hydroxyl groups is 1. The van der Waals surface area contributed by atoms with E-state index in [4.69, 9.17) is 0 Å². The molecule has 0 aromatic heterocycles. The second-order valence-corrected chi connectivity index (χ2v) is 8.52. The third-order valence-corrected chi connectivity index (χ3v) is 6.41. The lowest BCUT2D eigenvalue weighted by molar-refractivity contribution is 0.0619. The number of likely N-dealkylation sites (tertiary alicyclic amines) is 1. The first-order chi connectivity index (χ1) is 14.4. The summed E-state index contributed by atoms with van der Waals surface area (Å²) in [6.45, 7) is 6.10. The predicted octanol–water partition coefficient (Wildman–Crippen LogP) is 3.77. The number of hydrogen-bond acceptors (Lipinski definition) is 3. The lowest BCUT2D eigenvalue weighted by Crippen LogP contribution is -2.43. The van der Waals surface area contributed by atoms with Crippen LogP contribution in [0.25, 0.3) is 0 Å². The van der Waals surface area contributed by atoms with Crippen LogP contribution in [0.4, 0.5) is 4.39 Å². The van der Waals surface area contributed by atoms with E-state index in [0.717, 1.165) is 31.5 Å². The van der Waals surface area contributed by atoms with Crippen molar-refractivity contribution < 1.29 is 14.3 Å². The van der Waals surface area contributed by atoms with Gasteiger partial charge in [-0.2, -0.15) is 0 Å². The maximum absolute atomic E-state index is 14.4. The Morgan fingerprint density at radius 2 is 1.97 bits per heavy atom. The lowest BCUT2D eigenvalue weighted by atomic mass is 9.88. The van der Waals surface area contributed by atoms with Crippen molar-refractivity contribution in [3.63, 3.8) is 0 Å². The summed E-state index contributed by atoms with van der Waals surface area (Å²) < 4.78 is 14.4. The molecule has 0 aliphatic carbocycles. The third kappa shape index (κ3) is 5.08. The number of rotatable bonds is 8. The number of hydrogen-bond donors (Lipinski definition) is 1. The molecule has 1 amide bonds. The largest absolute Gasteiger partial charge is 0.394 e. The Morgan fingerprint density at radius 3 is 2.60 bits per heavy atom. The molecule has 3 rings (SSSR count). The highest BCUT2D eigenvalue weighted by molar-refractivity contribution is 5.95. The van der Waals surface area contributed by atoms with Gasteiger partial charge in [-0.15, -0.1) is 0 Å². The Morgan fingerprint density at radius 1 is 1.23 bits per heavy atom. The Bertz CT molecular complexity index is 842. The van der Waals surface area contributed by atoms with Crippen LogP contribution in [0.1, 0.15) is 34.8 Å². The summed E-state index contributed by atoms with van der Waals surface area (Å²) in [6.07, 6.45) is 1.88. The summed E-state index contributed by atoms with van der Waals surface area (Å²) in [5.41, 5.74) is 2.17. The summed E-state index contributed by atoms with van der Waals surface area (Å²) in [7, 11) is 2.09. The second-order valence-electron chi connectivity index (χ2n) is 8.52. The zero-order chi connectivity index (χ0) is 21.7. The van der Waals surface area contributed by atoms with Gasteiger partial charge in [0.1, 0.15) is 5.82 Å². The maximum Gasteiger partial charge on any atom is 0.257 e. The molecule has 2 aromatic rings. The van der Waals surface area contributed by atoms with Gasteiger partial charge in [-0.25, -0.2) is 4.39 Å². The monoisotopic (exact) mass is 412 g/mol.